The van der Waals surface area contributed by atoms with E-state index in [1.54, 1.807) is 25.4 Å². The Morgan fingerprint density at radius 3 is 2.96 bits per heavy atom. The molecule has 0 saturated carbocycles. The predicted octanol–water partition coefficient (Wildman–Crippen LogP) is 1.79. The fraction of sp³-hybridized carbons (Fsp3) is 0.176. The molecule has 128 valence electrons. The Bertz CT molecular complexity index is 864. The van der Waals surface area contributed by atoms with Crippen LogP contribution in [0.25, 0.3) is 11.5 Å². The molecule has 0 bridgehead atoms. The Balaban J connectivity index is 1.76. The highest BCUT2D eigenvalue weighted by Crippen LogP contribution is 2.19. The van der Waals surface area contributed by atoms with E-state index in [1.165, 1.54) is 12.3 Å². The van der Waals surface area contributed by atoms with Gasteiger partial charge in [-0.1, -0.05) is 6.07 Å². The number of pyridine rings is 1. The molecule has 0 saturated heterocycles. The summed E-state index contributed by atoms with van der Waals surface area (Å²) in [6.07, 6.45) is 3.18. The lowest BCUT2D eigenvalue weighted by Crippen LogP contribution is -2.25. The third kappa shape index (κ3) is 3.99. The molecular formula is C17H17N5O3. The van der Waals surface area contributed by atoms with E-state index >= 15 is 0 Å². The zero-order chi connectivity index (χ0) is 17.6. The largest absolute Gasteiger partial charge is 0.463 e. The highest BCUT2D eigenvalue weighted by Gasteiger charge is 2.14. The van der Waals surface area contributed by atoms with Crippen LogP contribution in [0.4, 0.5) is 5.95 Å². The van der Waals surface area contributed by atoms with Gasteiger partial charge < -0.3 is 20.2 Å². The van der Waals surface area contributed by atoms with Gasteiger partial charge in [-0.2, -0.15) is 0 Å². The number of nitrogen functional groups attached to an aromatic ring is 1. The Kier molecular flexibility index (Phi) is 5.00. The first-order chi connectivity index (χ1) is 12.2. The van der Waals surface area contributed by atoms with Gasteiger partial charge in [-0.05, 0) is 24.3 Å². The van der Waals surface area contributed by atoms with Gasteiger partial charge in [-0.15, -0.1) is 0 Å². The average molecular weight is 339 g/mol. The van der Waals surface area contributed by atoms with Crippen molar-refractivity contribution in [3.05, 3.63) is 59.7 Å². The second-order valence-electron chi connectivity index (χ2n) is 5.20. The van der Waals surface area contributed by atoms with Crippen molar-refractivity contribution in [1.29, 1.82) is 0 Å². The number of furan rings is 1. The molecule has 3 aromatic rings. The molecule has 3 rings (SSSR count). The van der Waals surface area contributed by atoms with Crippen LogP contribution in [-0.2, 0) is 17.9 Å². The molecule has 0 aliphatic rings. The van der Waals surface area contributed by atoms with Crippen LogP contribution in [-0.4, -0.2) is 28.0 Å². The van der Waals surface area contributed by atoms with Crippen LogP contribution in [0.2, 0.25) is 0 Å². The summed E-state index contributed by atoms with van der Waals surface area (Å²) >= 11 is 0. The number of rotatable bonds is 6. The van der Waals surface area contributed by atoms with Crippen LogP contribution in [0.3, 0.4) is 0 Å². The molecule has 3 aromatic heterocycles. The second kappa shape index (κ2) is 7.54. The van der Waals surface area contributed by atoms with Crippen LogP contribution >= 0.6 is 0 Å². The van der Waals surface area contributed by atoms with E-state index in [0.717, 1.165) is 11.3 Å². The minimum atomic E-state index is -0.379. The molecule has 8 heteroatoms. The molecule has 0 aliphatic heterocycles. The van der Waals surface area contributed by atoms with Crippen LogP contribution in [0, 0.1) is 0 Å². The number of carbonyl (C=O) groups is 1. The number of methoxy groups -OCH3 is 1. The summed E-state index contributed by atoms with van der Waals surface area (Å²) < 4.78 is 10.4. The van der Waals surface area contributed by atoms with E-state index in [2.05, 4.69) is 20.3 Å². The van der Waals surface area contributed by atoms with Gasteiger partial charge in [0.2, 0.25) is 5.95 Å². The summed E-state index contributed by atoms with van der Waals surface area (Å²) in [5.41, 5.74) is 7.94. The van der Waals surface area contributed by atoms with Gasteiger partial charge >= 0.3 is 0 Å². The van der Waals surface area contributed by atoms with Crippen LogP contribution in [0.15, 0.2) is 47.2 Å². The Morgan fingerprint density at radius 2 is 2.20 bits per heavy atom. The SMILES string of the molecule is COCc1cccnc1CNC(=O)c1cc(-c2ccco2)nc(N)n1. The number of hydrogen-bond acceptors (Lipinski definition) is 7. The first kappa shape index (κ1) is 16.6. The van der Waals surface area contributed by atoms with E-state index < -0.39 is 0 Å². The molecule has 0 spiro atoms. The van der Waals surface area contributed by atoms with E-state index in [4.69, 9.17) is 14.9 Å². The molecule has 0 aliphatic carbocycles. The van der Waals surface area contributed by atoms with Gasteiger partial charge in [-0.3, -0.25) is 9.78 Å². The predicted molar refractivity (Wildman–Crippen MR) is 90.3 cm³/mol. The quantitative estimate of drug-likeness (QED) is 0.703. The van der Waals surface area contributed by atoms with Crippen molar-refractivity contribution < 1.29 is 13.9 Å². The smallest absolute Gasteiger partial charge is 0.270 e. The number of aromatic nitrogens is 3. The summed E-state index contributed by atoms with van der Waals surface area (Å²) in [4.78, 5) is 24.7. The van der Waals surface area contributed by atoms with Gasteiger partial charge in [0.15, 0.2) is 5.76 Å². The summed E-state index contributed by atoms with van der Waals surface area (Å²) in [5.74, 6) is 0.128. The van der Waals surface area contributed by atoms with Crippen molar-refractivity contribution in [2.24, 2.45) is 0 Å². The third-order valence-corrected chi connectivity index (χ3v) is 3.45. The molecule has 3 heterocycles. The molecule has 1 amide bonds. The van der Waals surface area contributed by atoms with Gasteiger partial charge in [0.05, 0.1) is 25.1 Å². The van der Waals surface area contributed by atoms with Gasteiger partial charge in [0.1, 0.15) is 11.4 Å². The third-order valence-electron chi connectivity index (χ3n) is 3.45. The number of anilines is 1. The maximum Gasteiger partial charge on any atom is 0.270 e. The van der Waals surface area contributed by atoms with Crippen molar-refractivity contribution >= 4 is 11.9 Å². The Labute approximate surface area is 144 Å². The highest BCUT2D eigenvalue weighted by molar-refractivity contribution is 5.93. The van der Waals surface area contributed by atoms with Gasteiger partial charge in [0, 0.05) is 18.9 Å². The maximum absolute atomic E-state index is 12.4. The van der Waals surface area contributed by atoms with Gasteiger partial charge in [-0.25, -0.2) is 9.97 Å². The van der Waals surface area contributed by atoms with E-state index in [9.17, 15) is 4.79 Å². The lowest BCUT2D eigenvalue weighted by molar-refractivity contribution is 0.0945. The highest BCUT2D eigenvalue weighted by atomic mass is 16.5. The lowest BCUT2D eigenvalue weighted by Gasteiger charge is -2.09. The van der Waals surface area contributed by atoms with E-state index in [-0.39, 0.29) is 24.1 Å². The Morgan fingerprint density at radius 1 is 1.32 bits per heavy atom. The van der Waals surface area contributed by atoms with E-state index in [0.29, 0.717) is 18.1 Å². The first-order valence-corrected chi connectivity index (χ1v) is 7.55. The van der Waals surface area contributed by atoms with E-state index in [1.807, 2.05) is 12.1 Å². The van der Waals surface area contributed by atoms with Crippen molar-refractivity contribution in [2.45, 2.75) is 13.2 Å². The molecule has 25 heavy (non-hydrogen) atoms. The van der Waals surface area contributed by atoms with Crippen LogP contribution in [0.5, 0.6) is 0 Å². The normalized spacial score (nSPS) is 10.6. The molecule has 0 radical (unpaired) electrons. The summed E-state index contributed by atoms with van der Waals surface area (Å²) in [7, 11) is 1.61. The molecule has 0 fully saturated rings. The zero-order valence-electron chi connectivity index (χ0n) is 13.6. The monoisotopic (exact) mass is 339 g/mol. The number of ether oxygens (including phenoxy) is 1. The summed E-state index contributed by atoms with van der Waals surface area (Å²) in [6, 6.07) is 8.70. The number of nitrogens with one attached hydrogen (secondary N) is 1. The molecule has 0 unspecified atom stereocenters. The molecule has 3 N–H and O–H groups in total. The zero-order valence-corrected chi connectivity index (χ0v) is 13.6. The molecule has 8 nitrogen and oxygen atoms in total. The fourth-order valence-electron chi connectivity index (χ4n) is 2.30. The first-order valence-electron chi connectivity index (χ1n) is 7.55. The number of nitrogens with two attached hydrogens (primary N) is 1. The van der Waals surface area contributed by atoms with Crippen molar-refractivity contribution in [1.82, 2.24) is 20.3 Å². The van der Waals surface area contributed by atoms with Crippen molar-refractivity contribution in [3.8, 4) is 11.5 Å². The minimum absolute atomic E-state index is 0.00282. The molecule has 0 atom stereocenters. The number of amides is 1. The average Bonchev–Trinajstić information content (AvgIpc) is 3.15. The molecular weight excluding hydrogens is 322 g/mol. The maximum atomic E-state index is 12.4. The number of carbonyl (C=O) groups excluding carboxylic acids is 1. The summed E-state index contributed by atoms with van der Waals surface area (Å²) in [6.45, 7) is 0.667. The van der Waals surface area contributed by atoms with Crippen LogP contribution in [0.1, 0.15) is 21.7 Å². The second-order valence-corrected chi connectivity index (χ2v) is 5.20. The number of nitrogens with zero attached hydrogens (tertiary/aromatic N) is 3. The standard InChI is InChI=1S/C17H17N5O3/c1-24-10-11-4-2-6-19-14(11)9-20-16(23)13-8-12(21-17(18)22-13)15-5-3-7-25-15/h2-8H,9-10H2,1H3,(H,20,23)(H2,18,21,22). The number of hydrogen-bond donors (Lipinski definition) is 2. The van der Waals surface area contributed by atoms with Crippen molar-refractivity contribution in [2.75, 3.05) is 12.8 Å². The Hall–Kier alpha value is -3.26. The van der Waals surface area contributed by atoms with Crippen molar-refractivity contribution in [3.63, 3.8) is 0 Å². The topological polar surface area (TPSA) is 116 Å². The minimum Gasteiger partial charge on any atom is -0.463 e. The van der Waals surface area contributed by atoms with Gasteiger partial charge in [0.25, 0.3) is 5.91 Å². The fourth-order valence-corrected chi connectivity index (χ4v) is 2.30. The lowest BCUT2D eigenvalue weighted by atomic mass is 10.2. The molecule has 0 aromatic carbocycles. The summed E-state index contributed by atoms with van der Waals surface area (Å²) in [5, 5.41) is 2.78. The van der Waals surface area contributed by atoms with Crippen LogP contribution < -0.4 is 11.1 Å².